The normalized spacial score (nSPS) is 11.0. The summed E-state index contributed by atoms with van der Waals surface area (Å²) in [6, 6.07) is 23.4. The quantitative estimate of drug-likeness (QED) is 0.533. The van der Waals surface area contributed by atoms with Crippen molar-refractivity contribution < 1.29 is 4.79 Å². The van der Waals surface area contributed by atoms with E-state index < -0.39 is 0 Å². The number of hydrogen-bond acceptors (Lipinski definition) is 1. The zero-order valence-corrected chi connectivity index (χ0v) is 11.3. The van der Waals surface area contributed by atoms with Crippen molar-refractivity contribution in [2.75, 3.05) is 0 Å². The van der Waals surface area contributed by atoms with Crippen LogP contribution in [0.3, 0.4) is 0 Å². The number of H-pyrrole nitrogens is 1. The molecule has 4 rings (SSSR count). The summed E-state index contributed by atoms with van der Waals surface area (Å²) >= 11 is 0. The van der Waals surface area contributed by atoms with E-state index in [0.717, 1.165) is 16.4 Å². The number of hydrogen-bond donors (Lipinski definition) is 1. The minimum atomic E-state index is 0.0520. The average Bonchev–Trinajstić information content (AvgIpc) is 2.92. The maximum absolute atomic E-state index is 12.5. The van der Waals surface area contributed by atoms with E-state index in [2.05, 4.69) is 11.1 Å². The predicted molar refractivity (Wildman–Crippen MR) is 85.7 cm³/mol. The molecule has 1 aromatic heterocycles. The Bertz CT molecular complexity index is 951. The van der Waals surface area contributed by atoms with Crippen molar-refractivity contribution in [2.45, 2.75) is 0 Å². The van der Waals surface area contributed by atoms with E-state index in [1.165, 1.54) is 5.39 Å². The number of carbonyl (C=O) groups is 1. The maximum atomic E-state index is 12.5. The number of benzene rings is 3. The molecule has 0 saturated heterocycles. The Morgan fingerprint density at radius 3 is 2.24 bits per heavy atom. The lowest BCUT2D eigenvalue weighted by Crippen LogP contribution is -2.00. The molecule has 0 unspecified atom stereocenters. The van der Waals surface area contributed by atoms with Crippen LogP contribution in [-0.2, 0) is 0 Å². The third-order valence-corrected chi connectivity index (χ3v) is 3.80. The van der Waals surface area contributed by atoms with Crippen molar-refractivity contribution >= 4 is 27.6 Å². The number of rotatable bonds is 2. The van der Waals surface area contributed by atoms with Gasteiger partial charge in [0.2, 0.25) is 0 Å². The number of fused-ring (bicyclic) bond motifs is 3. The van der Waals surface area contributed by atoms with Crippen LogP contribution in [0, 0.1) is 0 Å². The highest BCUT2D eigenvalue weighted by Gasteiger charge is 2.11. The van der Waals surface area contributed by atoms with Gasteiger partial charge in [0.05, 0.1) is 0 Å². The molecule has 0 saturated carbocycles. The molecule has 0 atom stereocenters. The van der Waals surface area contributed by atoms with Crippen LogP contribution in [0.1, 0.15) is 15.9 Å². The third kappa shape index (κ3) is 1.93. The van der Waals surface area contributed by atoms with Gasteiger partial charge in [-0.25, -0.2) is 0 Å². The summed E-state index contributed by atoms with van der Waals surface area (Å²) in [4.78, 5) is 15.9. The van der Waals surface area contributed by atoms with E-state index in [-0.39, 0.29) is 5.78 Å². The minimum Gasteiger partial charge on any atom is -0.354 e. The van der Waals surface area contributed by atoms with Gasteiger partial charge in [0.15, 0.2) is 5.78 Å². The Labute approximate surface area is 122 Å². The fourth-order valence-corrected chi connectivity index (χ4v) is 2.75. The van der Waals surface area contributed by atoms with Gasteiger partial charge < -0.3 is 4.98 Å². The SMILES string of the molecule is O=C(c1ccccc1)c1ccc2c(c1)[nH]c1ccccc12. The average molecular weight is 271 g/mol. The van der Waals surface area contributed by atoms with Gasteiger partial charge >= 0.3 is 0 Å². The van der Waals surface area contributed by atoms with E-state index in [4.69, 9.17) is 0 Å². The van der Waals surface area contributed by atoms with E-state index in [0.29, 0.717) is 11.1 Å². The van der Waals surface area contributed by atoms with Crippen molar-refractivity contribution in [1.29, 1.82) is 0 Å². The number of aromatic nitrogens is 1. The first-order valence-electron chi connectivity index (χ1n) is 6.93. The highest BCUT2D eigenvalue weighted by Crippen LogP contribution is 2.26. The molecule has 0 spiro atoms. The number of aromatic amines is 1. The molecule has 2 nitrogen and oxygen atoms in total. The van der Waals surface area contributed by atoms with Gasteiger partial charge in [-0.3, -0.25) is 4.79 Å². The molecule has 2 heteroatoms. The van der Waals surface area contributed by atoms with Crippen molar-refractivity contribution in [3.05, 3.63) is 83.9 Å². The smallest absolute Gasteiger partial charge is 0.193 e. The summed E-state index contributed by atoms with van der Waals surface area (Å²) in [6.07, 6.45) is 0. The molecule has 0 aliphatic rings. The first-order chi connectivity index (χ1) is 10.3. The van der Waals surface area contributed by atoms with Gasteiger partial charge in [-0.15, -0.1) is 0 Å². The van der Waals surface area contributed by atoms with Gasteiger partial charge in [0, 0.05) is 32.9 Å². The van der Waals surface area contributed by atoms with Gasteiger partial charge in [0.25, 0.3) is 0 Å². The monoisotopic (exact) mass is 271 g/mol. The second-order valence-electron chi connectivity index (χ2n) is 5.13. The van der Waals surface area contributed by atoms with Crippen LogP contribution >= 0.6 is 0 Å². The summed E-state index contributed by atoms with van der Waals surface area (Å²) in [5.74, 6) is 0.0520. The van der Waals surface area contributed by atoms with Crippen LogP contribution < -0.4 is 0 Å². The number of nitrogens with one attached hydrogen (secondary N) is 1. The molecular formula is C19H13NO. The second-order valence-corrected chi connectivity index (χ2v) is 5.13. The molecule has 0 aliphatic heterocycles. The molecule has 100 valence electrons. The minimum absolute atomic E-state index is 0.0520. The van der Waals surface area contributed by atoms with E-state index in [1.54, 1.807) is 0 Å². The van der Waals surface area contributed by atoms with Gasteiger partial charge in [-0.1, -0.05) is 60.7 Å². The molecule has 0 radical (unpaired) electrons. The number of carbonyl (C=O) groups excluding carboxylic acids is 1. The molecule has 3 aromatic carbocycles. The standard InChI is InChI=1S/C19H13NO/c21-19(13-6-2-1-3-7-13)14-10-11-16-15-8-4-5-9-17(15)20-18(16)12-14/h1-12,20H. The lowest BCUT2D eigenvalue weighted by Gasteiger charge is -2.01. The van der Waals surface area contributed by atoms with Gasteiger partial charge in [-0.2, -0.15) is 0 Å². The molecule has 21 heavy (non-hydrogen) atoms. The summed E-state index contributed by atoms with van der Waals surface area (Å²) < 4.78 is 0. The highest BCUT2D eigenvalue weighted by atomic mass is 16.1. The van der Waals surface area contributed by atoms with Crippen LogP contribution in [0.15, 0.2) is 72.8 Å². The molecule has 0 bridgehead atoms. The van der Waals surface area contributed by atoms with E-state index in [1.807, 2.05) is 66.7 Å². The highest BCUT2D eigenvalue weighted by molar-refractivity contribution is 6.13. The Kier molecular flexibility index (Phi) is 2.61. The van der Waals surface area contributed by atoms with E-state index >= 15 is 0 Å². The van der Waals surface area contributed by atoms with Crippen LogP contribution in [0.25, 0.3) is 21.8 Å². The molecule has 0 amide bonds. The zero-order chi connectivity index (χ0) is 14.2. The zero-order valence-electron chi connectivity index (χ0n) is 11.3. The van der Waals surface area contributed by atoms with Crippen LogP contribution in [0.2, 0.25) is 0 Å². The van der Waals surface area contributed by atoms with Crippen molar-refractivity contribution in [3.63, 3.8) is 0 Å². The van der Waals surface area contributed by atoms with Crippen LogP contribution in [-0.4, -0.2) is 10.8 Å². The van der Waals surface area contributed by atoms with Crippen LogP contribution in [0.5, 0.6) is 0 Å². The molecular weight excluding hydrogens is 258 g/mol. The summed E-state index contributed by atoms with van der Waals surface area (Å²) in [5.41, 5.74) is 3.52. The summed E-state index contributed by atoms with van der Waals surface area (Å²) in [5, 5.41) is 2.33. The summed E-state index contributed by atoms with van der Waals surface area (Å²) in [7, 11) is 0. The largest absolute Gasteiger partial charge is 0.354 e. The third-order valence-electron chi connectivity index (χ3n) is 3.80. The molecule has 0 aliphatic carbocycles. The molecule has 4 aromatic rings. The Balaban J connectivity index is 1.88. The molecule has 1 N–H and O–H groups in total. The van der Waals surface area contributed by atoms with Crippen molar-refractivity contribution in [1.82, 2.24) is 4.98 Å². The number of ketones is 1. The Morgan fingerprint density at radius 2 is 1.38 bits per heavy atom. The molecule has 1 heterocycles. The summed E-state index contributed by atoms with van der Waals surface area (Å²) in [6.45, 7) is 0. The maximum Gasteiger partial charge on any atom is 0.193 e. The van der Waals surface area contributed by atoms with Crippen molar-refractivity contribution in [3.8, 4) is 0 Å². The van der Waals surface area contributed by atoms with E-state index in [9.17, 15) is 4.79 Å². The van der Waals surface area contributed by atoms with Gasteiger partial charge in [0.1, 0.15) is 0 Å². The fraction of sp³-hybridized carbons (Fsp3) is 0. The van der Waals surface area contributed by atoms with Crippen LogP contribution in [0.4, 0.5) is 0 Å². The lowest BCUT2D eigenvalue weighted by atomic mass is 10.0. The second kappa shape index (κ2) is 4.60. The first-order valence-corrected chi connectivity index (χ1v) is 6.93. The fourth-order valence-electron chi connectivity index (χ4n) is 2.75. The van der Waals surface area contributed by atoms with Crippen molar-refractivity contribution in [2.24, 2.45) is 0 Å². The predicted octanol–water partition coefficient (Wildman–Crippen LogP) is 4.55. The number of para-hydroxylation sites is 1. The topological polar surface area (TPSA) is 32.9 Å². The lowest BCUT2D eigenvalue weighted by molar-refractivity contribution is 0.103. The van der Waals surface area contributed by atoms with Gasteiger partial charge in [-0.05, 0) is 12.1 Å². The first kappa shape index (κ1) is 11.9. The molecule has 0 fully saturated rings. The Morgan fingerprint density at radius 1 is 0.667 bits per heavy atom. The Hall–Kier alpha value is -2.87.